The van der Waals surface area contributed by atoms with Crippen molar-refractivity contribution < 1.29 is 9.53 Å². The maximum Gasteiger partial charge on any atom is 0.242 e. The van der Waals surface area contributed by atoms with E-state index in [2.05, 4.69) is 15.6 Å². The van der Waals surface area contributed by atoms with Gasteiger partial charge in [-0.15, -0.1) is 0 Å². The van der Waals surface area contributed by atoms with Crippen molar-refractivity contribution in [1.82, 2.24) is 14.9 Å². The average molecular weight is 297 g/mol. The Morgan fingerprint density at radius 1 is 1.52 bits per heavy atom. The third-order valence-corrected chi connectivity index (χ3v) is 3.07. The summed E-state index contributed by atoms with van der Waals surface area (Å²) in [5.74, 6) is 0.366. The molecule has 1 aromatic heterocycles. The molecule has 1 amide bonds. The van der Waals surface area contributed by atoms with E-state index in [1.165, 1.54) is 0 Å². The standard InChI is InChI=1S/C14H27N5O2/c1-3-5-12(15)14(20)18-13-10-19(11-17-13)8-7-16-6-4-9-21-2/h10-12,16H,3-9,15H2,1-2H3,(H,18,20)/t12-/m0/s1. The van der Waals surface area contributed by atoms with Crippen molar-refractivity contribution >= 4 is 11.7 Å². The van der Waals surface area contributed by atoms with Crippen molar-refractivity contribution in [2.24, 2.45) is 5.73 Å². The fraction of sp³-hybridized carbons (Fsp3) is 0.714. The normalized spacial score (nSPS) is 12.3. The number of nitrogens with two attached hydrogens (primary N) is 1. The number of carbonyl (C=O) groups is 1. The quantitative estimate of drug-likeness (QED) is 0.519. The van der Waals surface area contributed by atoms with Crippen LogP contribution in [0.1, 0.15) is 26.2 Å². The molecule has 4 N–H and O–H groups in total. The summed E-state index contributed by atoms with van der Waals surface area (Å²) < 4.78 is 6.91. The van der Waals surface area contributed by atoms with Crippen LogP contribution < -0.4 is 16.4 Å². The third kappa shape index (κ3) is 7.22. The first-order valence-electron chi connectivity index (χ1n) is 7.45. The lowest BCUT2D eigenvalue weighted by atomic mass is 10.2. The molecule has 0 aliphatic heterocycles. The van der Waals surface area contributed by atoms with Crippen LogP contribution >= 0.6 is 0 Å². The number of aromatic nitrogens is 2. The Morgan fingerprint density at radius 2 is 2.33 bits per heavy atom. The van der Waals surface area contributed by atoms with Crippen molar-refractivity contribution in [2.75, 3.05) is 32.1 Å². The van der Waals surface area contributed by atoms with Gasteiger partial charge in [-0.1, -0.05) is 13.3 Å². The Bertz CT molecular complexity index is 408. The van der Waals surface area contributed by atoms with Crippen LogP contribution in [-0.4, -0.2) is 48.3 Å². The Kier molecular flexibility index (Phi) is 8.65. The van der Waals surface area contributed by atoms with Gasteiger partial charge in [0.05, 0.1) is 12.4 Å². The predicted octanol–water partition coefficient (Wildman–Crippen LogP) is 0.575. The summed E-state index contributed by atoms with van der Waals surface area (Å²) in [6, 6.07) is -0.470. The minimum Gasteiger partial charge on any atom is -0.385 e. The Balaban J connectivity index is 2.25. The van der Waals surface area contributed by atoms with Gasteiger partial charge in [0.15, 0.2) is 5.82 Å². The summed E-state index contributed by atoms with van der Waals surface area (Å²) in [4.78, 5) is 15.9. The van der Waals surface area contributed by atoms with Crippen LogP contribution in [0.15, 0.2) is 12.5 Å². The molecule has 0 aliphatic carbocycles. The number of imidazole rings is 1. The molecule has 0 fully saturated rings. The zero-order valence-corrected chi connectivity index (χ0v) is 13.0. The van der Waals surface area contributed by atoms with E-state index in [0.29, 0.717) is 12.2 Å². The molecule has 0 saturated carbocycles. The van der Waals surface area contributed by atoms with Gasteiger partial charge in [-0.3, -0.25) is 4.79 Å². The van der Waals surface area contributed by atoms with Crippen LogP contribution in [0.3, 0.4) is 0 Å². The second-order valence-electron chi connectivity index (χ2n) is 4.98. The molecule has 1 rings (SSSR count). The number of methoxy groups -OCH3 is 1. The second kappa shape index (κ2) is 10.3. The first-order valence-corrected chi connectivity index (χ1v) is 7.45. The van der Waals surface area contributed by atoms with Crippen LogP contribution in [0.4, 0.5) is 5.82 Å². The summed E-state index contributed by atoms with van der Waals surface area (Å²) >= 11 is 0. The summed E-state index contributed by atoms with van der Waals surface area (Å²) in [6.07, 6.45) is 6.08. The molecule has 7 heteroatoms. The van der Waals surface area contributed by atoms with E-state index < -0.39 is 6.04 Å². The number of nitrogens with one attached hydrogen (secondary N) is 2. The number of amides is 1. The van der Waals surface area contributed by atoms with Gasteiger partial charge in [0.1, 0.15) is 0 Å². The van der Waals surface area contributed by atoms with Gasteiger partial charge in [-0.05, 0) is 19.4 Å². The van der Waals surface area contributed by atoms with E-state index >= 15 is 0 Å². The lowest BCUT2D eigenvalue weighted by Crippen LogP contribution is -2.35. The molecule has 0 radical (unpaired) electrons. The smallest absolute Gasteiger partial charge is 0.242 e. The van der Waals surface area contributed by atoms with E-state index in [0.717, 1.165) is 39.1 Å². The molecule has 7 nitrogen and oxygen atoms in total. The summed E-state index contributed by atoms with van der Waals surface area (Å²) in [5.41, 5.74) is 5.75. The molecule has 0 spiro atoms. The highest BCUT2D eigenvalue weighted by Crippen LogP contribution is 2.04. The summed E-state index contributed by atoms with van der Waals surface area (Å²) in [7, 11) is 1.70. The van der Waals surface area contributed by atoms with Gasteiger partial charge < -0.3 is 25.7 Å². The number of hydrogen-bond acceptors (Lipinski definition) is 5. The summed E-state index contributed by atoms with van der Waals surface area (Å²) in [6.45, 7) is 5.35. The van der Waals surface area contributed by atoms with Crippen LogP contribution in [0.25, 0.3) is 0 Å². The fourth-order valence-electron chi connectivity index (χ4n) is 1.88. The van der Waals surface area contributed by atoms with Crippen molar-refractivity contribution in [3.8, 4) is 0 Å². The molecule has 0 bridgehead atoms. The Labute approximate surface area is 126 Å². The maximum absolute atomic E-state index is 11.8. The highest BCUT2D eigenvalue weighted by atomic mass is 16.5. The number of hydrogen-bond donors (Lipinski definition) is 3. The topological polar surface area (TPSA) is 94.2 Å². The van der Waals surface area contributed by atoms with Crippen molar-refractivity contribution in [3.05, 3.63) is 12.5 Å². The lowest BCUT2D eigenvalue weighted by molar-refractivity contribution is -0.117. The molecule has 1 atom stereocenters. The molecule has 1 heterocycles. The van der Waals surface area contributed by atoms with E-state index in [-0.39, 0.29) is 5.91 Å². The van der Waals surface area contributed by atoms with Gasteiger partial charge in [0.25, 0.3) is 0 Å². The number of carbonyl (C=O) groups excluding carboxylic acids is 1. The van der Waals surface area contributed by atoms with Gasteiger partial charge in [0.2, 0.25) is 5.91 Å². The van der Waals surface area contributed by atoms with Crippen molar-refractivity contribution in [2.45, 2.75) is 38.8 Å². The second-order valence-corrected chi connectivity index (χ2v) is 4.98. The molecule has 0 unspecified atom stereocenters. The number of anilines is 1. The van der Waals surface area contributed by atoms with Crippen LogP contribution in [-0.2, 0) is 16.1 Å². The minimum atomic E-state index is -0.470. The zero-order valence-electron chi connectivity index (χ0n) is 13.0. The highest BCUT2D eigenvalue weighted by Gasteiger charge is 2.13. The molecular formula is C14H27N5O2. The van der Waals surface area contributed by atoms with Crippen molar-refractivity contribution in [3.63, 3.8) is 0 Å². The van der Waals surface area contributed by atoms with E-state index in [4.69, 9.17) is 10.5 Å². The first kappa shape index (κ1) is 17.6. The molecule has 120 valence electrons. The molecule has 1 aromatic rings. The van der Waals surface area contributed by atoms with Crippen molar-refractivity contribution in [1.29, 1.82) is 0 Å². The average Bonchev–Trinajstić information content (AvgIpc) is 2.90. The SMILES string of the molecule is CCC[C@H](N)C(=O)Nc1cn(CCNCCCOC)cn1. The number of nitrogens with zero attached hydrogens (tertiary/aromatic N) is 2. The number of ether oxygens (including phenoxy) is 1. The number of rotatable bonds is 11. The van der Waals surface area contributed by atoms with Gasteiger partial charge in [0, 0.05) is 33.0 Å². The minimum absolute atomic E-state index is 0.181. The monoisotopic (exact) mass is 297 g/mol. The molecule has 0 saturated heterocycles. The lowest BCUT2D eigenvalue weighted by Gasteiger charge is -2.09. The van der Waals surface area contributed by atoms with Crippen LogP contribution in [0, 0.1) is 0 Å². The molecular weight excluding hydrogens is 270 g/mol. The Hall–Kier alpha value is -1.44. The molecule has 0 aromatic carbocycles. The van der Waals surface area contributed by atoms with Crippen LogP contribution in [0.2, 0.25) is 0 Å². The molecule has 21 heavy (non-hydrogen) atoms. The van der Waals surface area contributed by atoms with E-state index in [9.17, 15) is 4.79 Å². The fourth-order valence-corrected chi connectivity index (χ4v) is 1.88. The largest absolute Gasteiger partial charge is 0.385 e. The summed E-state index contributed by atoms with van der Waals surface area (Å²) in [5, 5.41) is 6.05. The highest BCUT2D eigenvalue weighted by molar-refractivity contribution is 5.93. The van der Waals surface area contributed by atoms with E-state index in [1.807, 2.05) is 17.7 Å². The van der Waals surface area contributed by atoms with Gasteiger partial charge in [-0.25, -0.2) is 4.98 Å². The predicted molar refractivity (Wildman–Crippen MR) is 83.1 cm³/mol. The molecule has 0 aliphatic rings. The third-order valence-electron chi connectivity index (χ3n) is 3.07. The van der Waals surface area contributed by atoms with E-state index in [1.54, 1.807) is 13.4 Å². The first-order chi connectivity index (χ1) is 10.2. The maximum atomic E-state index is 11.8. The Morgan fingerprint density at radius 3 is 3.05 bits per heavy atom. The van der Waals surface area contributed by atoms with Crippen LogP contribution in [0.5, 0.6) is 0 Å². The van der Waals surface area contributed by atoms with Gasteiger partial charge >= 0.3 is 0 Å². The van der Waals surface area contributed by atoms with Gasteiger partial charge in [-0.2, -0.15) is 0 Å². The zero-order chi connectivity index (χ0) is 15.5.